The molecule has 0 aliphatic carbocycles. The van der Waals surface area contributed by atoms with Crippen LogP contribution in [-0.2, 0) is 4.74 Å². The monoisotopic (exact) mass is 255 g/mol. The number of methoxy groups -OCH3 is 1. The Morgan fingerprint density at radius 3 is 2.00 bits per heavy atom. The second-order valence-corrected chi connectivity index (χ2v) is 4.50. The van der Waals surface area contributed by atoms with E-state index in [1.807, 2.05) is 24.3 Å². The normalized spacial score (nSPS) is 14.3. The number of ether oxygens (including phenoxy) is 1. The topological polar surface area (TPSA) is 46.6 Å². The van der Waals surface area contributed by atoms with E-state index < -0.39 is 0 Å². The number of hydrogen-bond acceptors (Lipinski definition) is 3. The van der Waals surface area contributed by atoms with Crippen molar-refractivity contribution < 1.29 is 14.3 Å². The largest absolute Gasteiger partial charge is 0.383 e. The SMILES string of the molecule is COCCN1C(=O)c2cc3ccccc3cc2C1=O. The molecule has 0 saturated heterocycles. The summed E-state index contributed by atoms with van der Waals surface area (Å²) in [5, 5.41) is 1.94. The summed E-state index contributed by atoms with van der Waals surface area (Å²) in [5.41, 5.74) is 0.972. The van der Waals surface area contributed by atoms with Gasteiger partial charge in [-0.15, -0.1) is 0 Å². The summed E-state index contributed by atoms with van der Waals surface area (Å²) in [6.07, 6.45) is 0. The summed E-state index contributed by atoms with van der Waals surface area (Å²) in [6, 6.07) is 11.3. The Balaban J connectivity index is 2.08. The third-order valence-corrected chi connectivity index (χ3v) is 3.36. The summed E-state index contributed by atoms with van der Waals surface area (Å²) >= 11 is 0. The van der Waals surface area contributed by atoms with Gasteiger partial charge in [-0.1, -0.05) is 24.3 Å². The van der Waals surface area contributed by atoms with Crippen LogP contribution in [0.25, 0.3) is 10.8 Å². The van der Waals surface area contributed by atoms with E-state index in [1.54, 1.807) is 19.2 Å². The molecule has 2 aromatic carbocycles. The molecule has 0 spiro atoms. The Morgan fingerprint density at radius 1 is 1.00 bits per heavy atom. The molecule has 2 aromatic rings. The number of fused-ring (bicyclic) bond motifs is 2. The van der Waals surface area contributed by atoms with Gasteiger partial charge in [-0.25, -0.2) is 0 Å². The Morgan fingerprint density at radius 2 is 1.53 bits per heavy atom. The van der Waals surface area contributed by atoms with Crippen molar-refractivity contribution in [2.75, 3.05) is 20.3 Å². The minimum absolute atomic E-state index is 0.234. The number of rotatable bonds is 3. The average molecular weight is 255 g/mol. The lowest BCUT2D eigenvalue weighted by molar-refractivity contribution is 0.0603. The predicted molar refractivity (Wildman–Crippen MR) is 71.2 cm³/mol. The molecule has 0 bridgehead atoms. The van der Waals surface area contributed by atoms with Gasteiger partial charge in [-0.3, -0.25) is 14.5 Å². The Bertz CT molecular complexity index is 624. The lowest BCUT2D eigenvalue weighted by Crippen LogP contribution is -2.32. The lowest BCUT2D eigenvalue weighted by atomic mass is 10.0. The van der Waals surface area contributed by atoms with E-state index in [2.05, 4.69) is 0 Å². The van der Waals surface area contributed by atoms with Gasteiger partial charge in [0, 0.05) is 7.11 Å². The summed E-state index contributed by atoms with van der Waals surface area (Å²) in [7, 11) is 1.55. The van der Waals surface area contributed by atoms with E-state index >= 15 is 0 Å². The van der Waals surface area contributed by atoms with Crippen LogP contribution in [-0.4, -0.2) is 37.0 Å². The van der Waals surface area contributed by atoms with Crippen LogP contribution in [0.3, 0.4) is 0 Å². The van der Waals surface area contributed by atoms with Gasteiger partial charge in [0.2, 0.25) is 0 Å². The molecular formula is C15H13NO3. The van der Waals surface area contributed by atoms with Gasteiger partial charge in [-0.2, -0.15) is 0 Å². The van der Waals surface area contributed by atoms with Crippen LogP contribution in [0.15, 0.2) is 36.4 Å². The molecular weight excluding hydrogens is 242 g/mol. The molecule has 0 radical (unpaired) electrons. The van der Waals surface area contributed by atoms with Crippen molar-refractivity contribution in [3.05, 3.63) is 47.5 Å². The van der Waals surface area contributed by atoms with Crippen LogP contribution in [0.4, 0.5) is 0 Å². The molecule has 4 nitrogen and oxygen atoms in total. The first kappa shape index (κ1) is 11.9. The highest BCUT2D eigenvalue weighted by Crippen LogP contribution is 2.27. The first-order chi connectivity index (χ1) is 9.22. The van der Waals surface area contributed by atoms with Crippen LogP contribution in [0.2, 0.25) is 0 Å². The van der Waals surface area contributed by atoms with Crippen LogP contribution in [0, 0.1) is 0 Å². The Hall–Kier alpha value is -2.20. The number of carbonyl (C=O) groups excluding carboxylic acids is 2. The molecule has 0 aromatic heterocycles. The lowest BCUT2D eigenvalue weighted by Gasteiger charge is -2.12. The van der Waals surface area contributed by atoms with Crippen molar-refractivity contribution >= 4 is 22.6 Å². The fraction of sp³-hybridized carbons (Fsp3) is 0.200. The molecule has 4 heteroatoms. The molecule has 0 atom stereocenters. The van der Waals surface area contributed by atoms with Crippen molar-refractivity contribution in [1.29, 1.82) is 0 Å². The quantitative estimate of drug-likeness (QED) is 0.789. The second kappa shape index (κ2) is 4.48. The maximum absolute atomic E-state index is 12.2. The molecule has 1 aliphatic heterocycles. The number of imide groups is 1. The zero-order chi connectivity index (χ0) is 13.4. The molecule has 1 aliphatic rings. The minimum Gasteiger partial charge on any atom is -0.383 e. The van der Waals surface area contributed by atoms with Gasteiger partial charge < -0.3 is 4.74 Å². The third kappa shape index (κ3) is 1.81. The number of carbonyl (C=O) groups is 2. The van der Waals surface area contributed by atoms with Gasteiger partial charge in [0.05, 0.1) is 24.3 Å². The third-order valence-electron chi connectivity index (χ3n) is 3.36. The number of hydrogen-bond donors (Lipinski definition) is 0. The number of benzene rings is 2. The minimum atomic E-state index is -0.234. The zero-order valence-corrected chi connectivity index (χ0v) is 10.6. The van der Waals surface area contributed by atoms with E-state index in [-0.39, 0.29) is 11.8 Å². The van der Waals surface area contributed by atoms with Gasteiger partial charge in [0.25, 0.3) is 11.8 Å². The highest BCUT2D eigenvalue weighted by Gasteiger charge is 2.35. The zero-order valence-electron chi connectivity index (χ0n) is 10.6. The standard InChI is InChI=1S/C15H13NO3/c1-19-7-6-16-14(17)12-8-10-4-2-3-5-11(10)9-13(12)15(16)18/h2-5,8-9H,6-7H2,1H3. The van der Waals surface area contributed by atoms with E-state index in [0.717, 1.165) is 10.8 Å². The van der Waals surface area contributed by atoms with Crippen molar-refractivity contribution in [3.8, 4) is 0 Å². The Labute approximate surface area is 110 Å². The van der Waals surface area contributed by atoms with Crippen molar-refractivity contribution in [1.82, 2.24) is 4.90 Å². The molecule has 3 rings (SSSR count). The van der Waals surface area contributed by atoms with Gasteiger partial charge in [0.15, 0.2) is 0 Å². The van der Waals surface area contributed by atoms with E-state index in [9.17, 15) is 9.59 Å². The Kier molecular flexibility index (Phi) is 2.80. The number of amides is 2. The highest BCUT2D eigenvalue weighted by atomic mass is 16.5. The van der Waals surface area contributed by atoms with Crippen LogP contribution in [0.1, 0.15) is 20.7 Å². The predicted octanol–water partition coefficient (Wildman–Crippen LogP) is 2.08. The van der Waals surface area contributed by atoms with E-state index in [1.165, 1.54) is 4.90 Å². The smallest absolute Gasteiger partial charge is 0.261 e. The first-order valence-electron chi connectivity index (χ1n) is 6.10. The van der Waals surface area contributed by atoms with Crippen LogP contribution >= 0.6 is 0 Å². The summed E-state index contributed by atoms with van der Waals surface area (Å²) in [6.45, 7) is 0.643. The first-order valence-corrected chi connectivity index (χ1v) is 6.10. The maximum Gasteiger partial charge on any atom is 0.261 e. The summed E-state index contributed by atoms with van der Waals surface area (Å²) < 4.78 is 4.93. The van der Waals surface area contributed by atoms with Crippen molar-refractivity contribution in [3.63, 3.8) is 0 Å². The van der Waals surface area contributed by atoms with E-state index in [0.29, 0.717) is 24.3 Å². The highest BCUT2D eigenvalue weighted by molar-refractivity contribution is 6.23. The van der Waals surface area contributed by atoms with E-state index in [4.69, 9.17) is 4.74 Å². The van der Waals surface area contributed by atoms with Gasteiger partial charge in [0.1, 0.15) is 0 Å². The van der Waals surface area contributed by atoms with Crippen LogP contribution in [0.5, 0.6) is 0 Å². The average Bonchev–Trinajstić information content (AvgIpc) is 2.67. The van der Waals surface area contributed by atoms with Gasteiger partial charge in [-0.05, 0) is 22.9 Å². The molecule has 0 saturated carbocycles. The number of nitrogens with zero attached hydrogens (tertiary/aromatic N) is 1. The molecule has 19 heavy (non-hydrogen) atoms. The van der Waals surface area contributed by atoms with Crippen molar-refractivity contribution in [2.24, 2.45) is 0 Å². The molecule has 0 N–H and O–H groups in total. The van der Waals surface area contributed by atoms with Gasteiger partial charge >= 0.3 is 0 Å². The van der Waals surface area contributed by atoms with Crippen molar-refractivity contribution in [2.45, 2.75) is 0 Å². The maximum atomic E-state index is 12.2. The molecule has 1 heterocycles. The fourth-order valence-electron chi connectivity index (χ4n) is 2.36. The molecule has 0 unspecified atom stereocenters. The molecule has 0 fully saturated rings. The molecule has 96 valence electrons. The fourth-order valence-corrected chi connectivity index (χ4v) is 2.36. The second-order valence-electron chi connectivity index (χ2n) is 4.50. The molecule has 2 amide bonds. The van der Waals surface area contributed by atoms with Crippen LogP contribution < -0.4 is 0 Å². The summed E-state index contributed by atoms with van der Waals surface area (Å²) in [5.74, 6) is -0.467. The summed E-state index contributed by atoms with van der Waals surface area (Å²) in [4.78, 5) is 25.7.